The second-order valence-electron chi connectivity index (χ2n) is 7.16. The van der Waals surface area contributed by atoms with Crippen LogP contribution < -0.4 is 10.0 Å². The molecule has 0 heterocycles. The first-order valence-electron chi connectivity index (χ1n) is 9.84. The zero-order valence-electron chi connectivity index (χ0n) is 17.6. The Labute approximate surface area is 212 Å². The normalized spacial score (nSPS) is 11.3. The molecule has 0 saturated heterocycles. The second kappa shape index (κ2) is 11.5. The van der Waals surface area contributed by atoms with Crippen molar-refractivity contribution in [1.29, 1.82) is 0 Å². The fourth-order valence-corrected chi connectivity index (χ4v) is 5.58. The SMILES string of the molecule is Cc1ccc(S(=O)(=O)Nc2ccc(C(=O)NCCSCc3ccc(Cl)cc3Cl)c(Cl)c2)cc1. The lowest BCUT2D eigenvalue weighted by molar-refractivity contribution is 0.0956. The van der Waals surface area contributed by atoms with Crippen LogP contribution in [0.1, 0.15) is 21.5 Å². The summed E-state index contributed by atoms with van der Waals surface area (Å²) in [6, 6.07) is 16.3. The number of thioether (sulfide) groups is 1. The molecular formula is C23H21Cl3N2O3S2. The summed E-state index contributed by atoms with van der Waals surface area (Å²) in [4.78, 5) is 12.6. The van der Waals surface area contributed by atoms with E-state index in [0.717, 1.165) is 11.1 Å². The molecule has 2 N–H and O–H groups in total. The van der Waals surface area contributed by atoms with E-state index in [9.17, 15) is 13.2 Å². The molecule has 0 spiro atoms. The predicted molar refractivity (Wildman–Crippen MR) is 138 cm³/mol. The largest absolute Gasteiger partial charge is 0.351 e. The summed E-state index contributed by atoms with van der Waals surface area (Å²) in [5.41, 5.74) is 2.47. The number of nitrogens with one attached hydrogen (secondary N) is 2. The van der Waals surface area contributed by atoms with Crippen molar-refractivity contribution < 1.29 is 13.2 Å². The van der Waals surface area contributed by atoms with Crippen molar-refractivity contribution in [3.05, 3.63) is 92.4 Å². The first kappa shape index (κ1) is 25.7. The van der Waals surface area contributed by atoms with Crippen molar-refractivity contribution in [2.24, 2.45) is 0 Å². The molecule has 174 valence electrons. The fourth-order valence-electron chi connectivity index (χ4n) is 2.85. The van der Waals surface area contributed by atoms with Gasteiger partial charge in [-0.2, -0.15) is 11.8 Å². The van der Waals surface area contributed by atoms with Crippen LogP contribution in [0.5, 0.6) is 0 Å². The average Bonchev–Trinajstić information content (AvgIpc) is 2.75. The molecule has 0 atom stereocenters. The highest BCUT2D eigenvalue weighted by Gasteiger charge is 2.16. The molecule has 33 heavy (non-hydrogen) atoms. The van der Waals surface area contributed by atoms with Gasteiger partial charge < -0.3 is 5.32 Å². The van der Waals surface area contributed by atoms with Crippen molar-refractivity contribution >= 4 is 68.2 Å². The maximum absolute atomic E-state index is 12.5. The standard InChI is InChI=1S/C23H21Cl3N2O3S2/c1-15-2-7-19(8-3-15)33(30,31)28-18-6-9-20(22(26)13-18)23(29)27-10-11-32-14-16-4-5-17(24)12-21(16)25/h2-9,12-13,28H,10-11,14H2,1H3,(H,27,29). The molecule has 0 unspecified atom stereocenters. The summed E-state index contributed by atoms with van der Waals surface area (Å²) in [5.74, 6) is 1.04. The van der Waals surface area contributed by atoms with E-state index in [1.165, 1.54) is 30.3 Å². The van der Waals surface area contributed by atoms with Gasteiger partial charge in [0.25, 0.3) is 15.9 Å². The van der Waals surface area contributed by atoms with Crippen molar-refractivity contribution in [3.63, 3.8) is 0 Å². The minimum atomic E-state index is -3.76. The van der Waals surface area contributed by atoms with Gasteiger partial charge >= 0.3 is 0 Å². The van der Waals surface area contributed by atoms with Crippen molar-refractivity contribution in [1.82, 2.24) is 5.32 Å². The molecule has 0 bridgehead atoms. The Morgan fingerprint density at radius 3 is 2.33 bits per heavy atom. The molecule has 3 aromatic rings. The lowest BCUT2D eigenvalue weighted by Crippen LogP contribution is -2.26. The summed E-state index contributed by atoms with van der Waals surface area (Å²) in [6.45, 7) is 2.31. The van der Waals surface area contributed by atoms with Crippen LogP contribution >= 0.6 is 46.6 Å². The van der Waals surface area contributed by atoms with Gasteiger partial charge in [0.15, 0.2) is 0 Å². The van der Waals surface area contributed by atoms with E-state index in [2.05, 4.69) is 10.0 Å². The first-order valence-corrected chi connectivity index (χ1v) is 13.6. The van der Waals surface area contributed by atoms with Gasteiger partial charge in [-0.05, 0) is 55.0 Å². The van der Waals surface area contributed by atoms with Crippen molar-refractivity contribution in [2.75, 3.05) is 17.0 Å². The number of hydrogen-bond acceptors (Lipinski definition) is 4. The number of sulfonamides is 1. The topological polar surface area (TPSA) is 75.3 Å². The van der Waals surface area contributed by atoms with Crippen molar-refractivity contribution in [3.8, 4) is 0 Å². The highest BCUT2D eigenvalue weighted by molar-refractivity contribution is 7.98. The fraction of sp³-hybridized carbons (Fsp3) is 0.174. The lowest BCUT2D eigenvalue weighted by Gasteiger charge is -2.11. The van der Waals surface area contributed by atoms with Crippen LogP contribution in [-0.2, 0) is 15.8 Å². The van der Waals surface area contributed by atoms with Crippen LogP contribution in [0.15, 0.2) is 65.6 Å². The van der Waals surface area contributed by atoms with E-state index in [1.54, 1.807) is 36.0 Å². The van der Waals surface area contributed by atoms with E-state index < -0.39 is 10.0 Å². The smallest absolute Gasteiger partial charge is 0.261 e. The van der Waals surface area contributed by atoms with E-state index in [1.807, 2.05) is 13.0 Å². The number of aryl methyl sites for hydroxylation is 1. The average molecular weight is 544 g/mol. The third kappa shape index (κ3) is 7.29. The Kier molecular flexibility index (Phi) is 8.95. The Hall–Kier alpha value is -1.90. The van der Waals surface area contributed by atoms with Gasteiger partial charge in [-0.1, -0.05) is 58.6 Å². The van der Waals surface area contributed by atoms with Gasteiger partial charge in [0.1, 0.15) is 0 Å². The number of benzene rings is 3. The van der Waals surface area contributed by atoms with Gasteiger partial charge in [-0.25, -0.2) is 8.42 Å². The highest BCUT2D eigenvalue weighted by Crippen LogP contribution is 2.25. The molecule has 0 aliphatic rings. The summed E-state index contributed by atoms with van der Waals surface area (Å²) in [5, 5.41) is 4.17. The van der Waals surface area contributed by atoms with Crippen LogP contribution in [0.4, 0.5) is 5.69 Å². The summed E-state index contributed by atoms with van der Waals surface area (Å²) >= 11 is 19.9. The number of carbonyl (C=O) groups excluding carboxylic acids is 1. The number of anilines is 1. The predicted octanol–water partition coefficient (Wildman–Crippen LogP) is 6.42. The molecule has 0 fully saturated rings. The molecule has 5 nitrogen and oxygen atoms in total. The van der Waals surface area contributed by atoms with Crippen LogP contribution in [-0.4, -0.2) is 26.6 Å². The third-order valence-corrected chi connectivity index (χ3v) is 7.91. The quantitative estimate of drug-likeness (QED) is 0.305. The Morgan fingerprint density at radius 1 is 0.939 bits per heavy atom. The molecular weight excluding hydrogens is 523 g/mol. The second-order valence-corrected chi connectivity index (χ2v) is 11.2. The molecule has 0 aromatic heterocycles. The number of rotatable bonds is 9. The van der Waals surface area contributed by atoms with Crippen molar-refractivity contribution in [2.45, 2.75) is 17.6 Å². The summed E-state index contributed by atoms with van der Waals surface area (Å²) < 4.78 is 27.5. The van der Waals surface area contributed by atoms with E-state index in [-0.39, 0.29) is 27.1 Å². The molecule has 0 saturated carbocycles. The van der Waals surface area contributed by atoms with Crippen LogP contribution in [0.25, 0.3) is 0 Å². The maximum Gasteiger partial charge on any atom is 0.261 e. The first-order chi connectivity index (χ1) is 15.7. The van der Waals surface area contributed by atoms with E-state index >= 15 is 0 Å². The van der Waals surface area contributed by atoms with Gasteiger partial charge in [0.05, 0.1) is 21.2 Å². The van der Waals surface area contributed by atoms with Gasteiger partial charge in [0, 0.05) is 28.1 Å². The number of amides is 1. The monoisotopic (exact) mass is 542 g/mol. The minimum Gasteiger partial charge on any atom is -0.351 e. The third-order valence-electron chi connectivity index (χ3n) is 4.60. The molecule has 10 heteroatoms. The van der Waals surface area contributed by atoms with Gasteiger partial charge in [0.2, 0.25) is 0 Å². The molecule has 0 aliphatic heterocycles. The summed E-state index contributed by atoms with van der Waals surface area (Å²) in [6.07, 6.45) is 0. The Bertz CT molecular complexity index is 1250. The van der Waals surface area contributed by atoms with E-state index in [0.29, 0.717) is 28.1 Å². The molecule has 0 aliphatic carbocycles. The number of halogens is 3. The van der Waals surface area contributed by atoms with Crippen LogP contribution in [0.3, 0.4) is 0 Å². The zero-order chi connectivity index (χ0) is 24.0. The number of hydrogen-bond donors (Lipinski definition) is 2. The van der Waals surface area contributed by atoms with Crippen LogP contribution in [0.2, 0.25) is 15.1 Å². The Balaban J connectivity index is 1.52. The molecule has 3 aromatic carbocycles. The molecule has 0 radical (unpaired) electrons. The maximum atomic E-state index is 12.5. The highest BCUT2D eigenvalue weighted by atomic mass is 35.5. The molecule has 1 amide bonds. The minimum absolute atomic E-state index is 0.142. The summed E-state index contributed by atoms with van der Waals surface area (Å²) in [7, 11) is -3.76. The van der Waals surface area contributed by atoms with Gasteiger partial charge in [-0.15, -0.1) is 0 Å². The number of carbonyl (C=O) groups is 1. The molecule has 3 rings (SSSR count). The van der Waals surface area contributed by atoms with E-state index in [4.69, 9.17) is 34.8 Å². The zero-order valence-corrected chi connectivity index (χ0v) is 21.5. The van der Waals surface area contributed by atoms with Crippen LogP contribution in [0, 0.1) is 6.92 Å². The lowest BCUT2D eigenvalue weighted by atomic mass is 10.2. The Morgan fingerprint density at radius 2 is 1.67 bits per heavy atom. The van der Waals surface area contributed by atoms with Gasteiger partial charge in [-0.3, -0.25) is 9.52 Å².